The molecule has 0 spiro atoms. The molecule has 5 nitrogen and oxygen atoms in total. The molecule has 5 rings (SSSR count). The standard InChI is InChI=1S/C25H22N2O3S2/c1-14(30-25(29)21-12-16-7-3-5-9-20(16)31-21)23(28)27-24-19(13-26)18-11-10-15-6-2-4-8-17(15)22(18)32-24/h2,4,6,8,12,14H,3,5,7,9-11H2,1H3,(H,27,28). The van der Waals surface area contributed by atoms with Gasteiger partial charge in [-0.15, -0.1) is 22.7 Å². The highest BCUT2D eigenvalue weighted by atomic mass is 32.1. The molecule has 2 aliphatic carbocycles. The molecule has 162 valence electrons. The van der Waals surface area contributed by atoms with Gasteiger partial charge >= 0.3 is 5.97 Å². The van der Waals surface area contributed by atoms with E-state index in [2.05, 4.69) is 23.5 Å². The van der Waals surface area contributed by atoms with E-state index in [9.17, 15) is 14.9 Å². The fourth-order valence-corrected chi connectivity index (χ4v) is 6.82. The van der Waals surface area contributed by atoms with Gasteiger partial charge in [-0.2, -0.15) is 5.26 Å². The first-order chi connectivity index (χ1) is 15.5. The summed E-state index contributed by atoms with van der Waals surface area (Å²) in [5, 5.41) is 13.1. The topological polar surface area (TPSA) is 79.2 Å². The molecule has 1 aromatic carbocycles. The first-order valence-corrected chi connectivity index (χ1v) is 12.5. The SMILES string of the molecule is CC(OC(=O)c1cc2c(s1)CCCC2)C(=O)Nc1sc2c(c1C#N)CCc1ccccc1-2. The van der Waals surface area contributed by atoms with E-state index in [0.29, 0.717) is 15.4 Å². The lowest BCUT2D eigenvalue weighted by Gasteiger charge is -2.15. The summed E-state index contributed by atoms with van der Waals surface area (Å²) in [6.07, 6.45) is 4.99. The highest BCUT2D eigenvalue weighted by molar-refractivity contribution is 7.20. The van der Waals surface area contributed by atoms with Crippen LogP contribution in [-0.2, 0) is 35.2 Å². The van der Waals surface area contributed by atoms with Crippen molar-refractivity contribution >= 4 is 39.6 Å². The third kappa shape index (κ3) is 3.74. The molecule has 2 aromatic heterocycles. The summed E-state index contributed by atoms with van der Waals surface area (Å²) < 4.78 is 5.46. The first-order valence-electron chi connectivity index (χ1n) is 10.8. The average Bonchev–Trinajstić information content (AvgIpc) is 3.40. The van der Waals surface area contributed by atoms with Crippen molar-refractivity contribution in [1.82, 2.24) is 0 Å². The molecule has 0 saturated carbocycles. The molecule has 0 fully saturated rings. The summed E-state index contributed by atoms with van der Waals surface area (Å²) in [7, 11) is 0. The highest BCUT2D eigenvalue weighted by Crippen LogP contribution is 2.44. The molecule has 3 aromatic rings. The van der Waals surface area contributed by atoms with E-state index < -0.39 is 18.0 Å². The Morgan fingerprint density at radius 3 is 2.72 bits per heavy atom. The van der Waals surface area contributed by atoms with E-state index in [1.54, 1.807) is 6.92 Å². The number of thiophene rings is 2. The number of hydrogen-bond acceptors (Lipinski definition) is 6. The number of nitriles is 1. The smallest absolute Gasteiger partial charge is 0.349 e. The predicted octanol–water partition coefficient (Wildman–Crippen LogP) is 5.51. The summed E-state index contributed by atoms with van der Waals surface area (Å²) in [5.74, 6) is -0.894. The zero-order valence-corrected chi connectivity index (χ0v) is 19.3. The van der Waals surface area contributed by atoms with Gasteiger partial charge in [-0.25, -0.2) is 4.79 Å². The Kier molecular flexibility index (Phi) is 5.58. The summed E-state index contributed by atoms with van der Waals surface area (Å²) in [6, 6.07) is 12.3. The fourth-order valence-electron chi connectivity index (χ4n) is 4.42. The van der Waals surface area contributed by atoms with Crippen LogP contribution in [0.3, 0.4) is 0 Å². The highest BCUT2D eigenvalue weighted by Gasteiger charge is 2.28. The van der Waals surface area contributed by atoms with Gasteiger partial charge in [-0.1, -0.05) is 24.3 Å². The number of rotatable bonds is 4. The monoisotopic (exact) mass is 462 g/mol. The second kappa shape index (κ2) is 8.53. The fraction of sp³-hybridized carbons (Fsp3) is 0.320. The maximum atomic E-state index is 12.8. The van der Waals surface area contributed by atoms with Gasteiger partial charge < -0.3 is 10.1 Å². The lowest BCUT2D eigenvalue weighted by Crippen LogP contribution is -2.29. The number of benzene rings is 1. The van der Waals surface area contributed by atoms with E-state index in [-0.39, 0.29) is 0 Å². The van der Waals surface area contributed by atoms with Crippen LogP contribution in [0, 0.1) is 11.3 Å². The Labute approximate surface area is 194 Å². The third-order valence-electron chi connectivity index (χ3n) is 6.11. The van der Waals surface area contributed by atoms with Crippen molar-refractivity contribution in [2.75, 3.05) is 5.32 Å². The Morgan fingerprint density at radius 2 is 1.91 bits per heavy atom. The molecule has 1 N–H and O–H groups in total. The summed E-state index contributed by atoms with van der Waals surface area (Å²) >= 11 is 2.89. The molecule has 0 saturated heterocycles. The van der Waals surface area contributed by atoms with Crippen LogP contribution < -0.4 is 5.32 Å². The van der Waals surface area contributed by atoms with Crippen LogP contribution in [0.2, 0.25) is 0 Å². The molecule has 0 radical (unpaired) electrons. The number of fused-ring (bicyclic) bond motifs is 4. The number of esters is 1. The summed E-state index contributed by atoms with van der Waals surface area (Å²) in [6.45, 7) is 1.57. The molecule has 2 heterocycles. The molecular weight excluding hydrogens is 440 g/mol. The number of ether oxygens (including phenoxy) is 1. The van der Waals surface area contributed by atoms with Crippen molar-refractivity contribution in [3.05, 3.63) is 62.3 Å². The number of hydrogen-bond donors (Lipinski definition) is 1. The minimum atomic E-state index is -0.959. The Morgan fingerprint density at radius 1 is 1.09 bits per heavy atom. The molecular formula is C25H22N2O3S2. The molecule has 1 unspecified atom stereocenters. The third-order valence-corrected chi connectivity index (χ3v) is 8.51. The minimum Gasteiger partial charge on any atom is -0.448 e. The average molecular weight is 463 g/mol. The van der Waals surface area contributed by atoms with Crippen LogP contribution in [0.1, 0.15) is 56.6 Å². The van der Waals surface area contributed by atoms with Crippen LogP contribution in [0.4, 0.5) is 5.00 Å². The van der Waals surface area contributed by atoms with Crippen LogP contribution in [-0.4, -0.2) is 18.0 Å². The van der Waals surface area contributed by atoms with Crippen LogP contribution >= 0.6 is 22.7 Å². The Hall–Kier alpha value is -2.95. The van der Waals surface area contributed by atoms with Crippen molar-refractivity contribution in [1.29, 1.82) is 5.26 Å². The zero-order valence-electron chi connectivity index (χ0n) is 17.7. The van der Waals surface area contributed by atoms with E-state index in [1.807, 2.05) is 18.2 Å². The van der Waals surface area contributed by atoms with Gasteiger partial charge in [0.1, 0.15) is 15.9 Å². The number of carbonyl (C=O) groups is 2. The van der Waals surface area contributed by atoms with Crippen molar-refractivity contribution in [3.63, 3.8) is 0 Å². The number of aryl methyl sites for hydroxylation is 3. The lowest BCUT2D eigenvalue weighted by molar-refractivity contribution is -0.123. The molecule has 1 atom stereocenters. The normalized spacial score (nSPS) is 15.0. The summed E-state index contributed by atoms with van der Waals surface area (Å²) in [4.78, 5) is 28.3. The van der Waals surface area contributed by atoms with Crippen LogP contribution in [0.5, 0.6) is 0 Å². The van der Waals surface area contributed by atoms with Gasteiger partial charge in [0.05, 0.1) is 5.56 Å². The van der Waals surface area contributed by atoms with E-state index in [1.165, 1.54) is 38.7 Å². The van der Waals surface area contributed by atoms with E-state index >= 15 is 0 Å². The summed E-state index contributed by atoms with van der Waals surface area (Å²) in [5.41, 5.74) is 5.10. The van der Waals surface area contributed by atoms with E-state index in [0.717, 1.165) is 54.5 Å². The molecule has 0 aliphatic heterocycles. The molecule has 0 bridgehead atoms. The Bertz CT molecular complexity index is 1240. The van der Waals surface area contributed by atoms with E-state index in [4.69, 9.17) is 4.74 Å². The molecule has 2 aliphatic rings. The Balaban J connectivity index is 1.32. The van der Waals surface area contributed by atoms with Crippen LogP contribution in [0.25, 0.3) is 10.4 Å². The van der Waals surface area contributed by atoms with Gasteiger partial charge in [0, 0.05) is 9.75 Å². The molecule has 7 heteroatoms. The first kappa shape index (κ1) is 20.9. The number of nitrogens with zero attached hydrogens (tertiary/aromatic N) is 1. The number of nitrogens with one attached hydrogen (secondary N) is 1. The zero-order chi connectivity index (χ0) is 22.2. The van der Waals surface area contributed by atoms with Crippen molar-refractivity contribution < 1.29 is 14.3 Å². The largest absolute Gasteiger partial charge is 0.448 e. The predicted molar refractivity (Wildman–Crippen MR) is 126 cm³/mol. The van der Waals surface area contributed by atoms with Gasteiger partial charge in [-0.05, 0) is 73.8 Å². The number of amides is 1. The van der Waals surface area contributed by atoms with Crippen molar-refractivity contribution in [3.8, 4) is 16.5 Å². The lowest BCUT2D eigenvalue weighted by atomic mass is 9.90. The quantitative estimate of drug-likeness (QED) is 0.519. The molecule has 32 heavy (non-hydrogen) atoms. The number of anilines is 1. The number of carbonyl (C=O) groups excluding carboxylic acids is 2. The van der Waals surface area contributed by atoms with Gasteiger partial charge in [0.25, 0.3) is 5.91 Å². The maximum Gasteiger partial charge on any atom is 0.349 e. The second-order valence-corrected chi connectivity index (χ2v) is 10.3. The minimum absolute atomic E-state index is 0.428. The van der Waals surface area contributed by atoms with Crippen LogP contribution in [0.15, 0.2) is 30.3 Å². The van der Waals surface area contributed by atoms with Crippen molar-refractivity contribution in [2.45, 2.75) is 51.6 Å². The van der Waals surface area contributed by atoms with Crippen molar-refractivity contribution in [2.24, 2.45) is 0 Å². The molecule has 1 amide bonds. The van der Waals surface area contributed by atoms with Gasteiger partial charge in [0.15, 0.2) is 6.10 Å². The second-order valence-electron chi connectivity index (χ2n) is 8.19. The van der Waals surface area contributed by atoms with Gasteiger partial charge in [0.2, 0.25) is 0 Å². The maximum absolute atomic E-state index is 12.8. The van der Waals surface area contributed by atoms with Gasteiger partial charge in [-0.3, -0.25) is 4.79 Å².